The highest BCUT2D eigenvalue weighted by molar-refractivity contribution is 7.19. The van der Waals surface area contributed by atoms with E-state index in [9.17, 15) is 4.79 Å². The maximum absolute atomic E-state index is 12.4. The molecule has 0 radical (unpaired) electrons. The second-order valence-electron chi connectivity index (χ2n) is 7.58. The van der Waals surface area contributed by atoms with Crippen LogP contribution >= 0.6 is 11.3 Å². The van der Waals surface area contributed by atoms with E-state index >= 15 is 0 Å². The van der Waals surface area contributed by atoms with Crippen molar-refractivity contribution in [2.45, 2.75) is 6.54 Å². The van der Waals surface area contributed by atoms with Crippen molar-refractivity contribution in [3.63, 3.8) is 0 Å². The number of fused-ring (bicyclic) bond motifs is 2. The van der Waals surface area contributed by atoms with Gasteiger partial charge in [0.05, 0.1) is 23.4 Å². The summed E-state index contributed by atoms with van der Waals surface area (Å²) in [6.07, 6.45) is 5.42. The van der Waals surface area contributed by atoms with Gasteiger partial charge in [-0.3, -0.25) is 9.69 Å². The van der Waals surface area contributed by atoms with Crippen LogP contribution in [0.1, 0.15) is 5.01 Å². The zero-order chi connectivity index (χ0) is 21.0. The summed E-state index contributed by atoms with van der Waals surface area (Å²) in [7, 11) is 0. The number of benzene rings is 2. The number of nitrogens with zero attached hydrogens (tertiary/aromatic N) is 3. The fourth-order valence-electron chi connectivity index (χ4n) is 3.84. The standard InChI is InChI=1S/C24H24N4O2S/c29-23(7-8-24-26-20-3-1-2-4-22(20)31-24)25-19-5-6-21-18(17-19)9-10-28(21)12-11-27-13-15-30-16-14-27/h1-10,17H,11-16H2,(H,25,29)/b8-7+. The van der Waals surface area contributed by atoms with E-state index in [0.717, 1.165) is 65.7 Å². The highest BCUT2D eigenvalue weighted by Gasteiger charge is 2.11. The Morgan fingerprint density at radius 3 is 2.87 bits per heavy atom. The molecule has 0 spiro atoms. The first-order valence-electron chi connectivity index (χ1n) is 10.5. The third-order valence-electron chi connectivity index (χ3n) is 5.49. The number of amides is 1. The monoisotopic (exact) mass is 432 g/mol. The molecule has 0 saturated carbocycles. The van der Waals surface area contributed by atoms with Crippen LogP contribution in [0.4, 0.5) is 5.69 Å². The smallest absolute Gasteiger partial charge is 0.248 e. The first kappa shape index (κ1) is 19.9. The molecule has 6 nitrogen and oxygen atoms in total. The number of thiazole rings is 1. The van der Waals surface area contributed by atoms with Gasteiger partial charge in [-0.2, -0.15) is 0 Å². The normalized spacial score (nSPS) is 15.2. The van der Waals surface area contributed by atoms with Crippen molar-refractivity contribution in [3.05, 3.63) is 65.8 Å². The molecule has 1 aliphatic heterocycles. The van der Waals surface area contributed by atoms with Crippen molar-refractivity contribution >= 4 is 50.1 Å². The summed E-state index contributed by atoms with van der Waals surface area (Å²) in [5.74, 6) is -0.162. The Kier molecular flexibility index (Phi) is 5.80. The molecule has 0 bridgehead atoms. The van der Waals surface area contributed by atoms with E-state index in [1.165, 1.54) is 11.6 Å². The zero-order valence-electron chi connectivity index (χ0n) is 17.2. The van der Waals surface area contributed by atoms with E-state index in [1.54, 1.807) is 17.4 Å². The number of nitrogens with one attached hydrogen (secondary N) is 1. The van der Waals surface area contributed by atoms with Gasteiger partial charge in [-0.1, -0.05) is 12.1 Å². The number of anilines is 1. The van der Waals surface area contributed by atoms with Crippen molar-refractivity contribution in [1.29, 1.82) is 0 Å². The van der Waals surface area contributed by atoms with E-state index in [-0.39, 0.29) is 5.91 Å². The maximum atomic E-state index is 12.4. The summed E-state index contributed by atoms with van der Waals surface area (Å²) in [6, 6.07) is 16.1. The van der Waals surface area contributed by atoms with Gasteiger partial charge in [0.25, 0.3) is 0 Å². The lowest BCUT2D eigenvalue weighted by atomic mass is 10.2. The Morgan fingerprint density at radius 2 is 2.00 bits per heavy atom. The van der Waals surface area contributed by atoms with Gasteiger partial charge in [-0.15, -0.1) is 11.3 Å². The van der Waals surface area contributed by atoms with Crippen LogP contribution in [0.5, 0.6) is 0 Å². The van der Waals surface area contributed by atoms with E-state index in [1.807, 2.05) is 36.4 Å². The maximum Gasteiger partial charge on any atom is 0.248 e. The minimum atomic E-state index is -0.162. The van der Waals surface area contributed by atoms with E-state index < -0.39 is 0 Å². The van der Waals surface area contributed by atoms with Crippen molar-refractivity contribution in [1.82, 2.24) is 14.5 Å². The first-order valence-corrected chi connectivity index (χ1v) is 11.3. The molecule has 2 aromatic carbocycles. The largest absolute Gasteiger partial charge is 0.379 e. The van der Waals surface area contributed by atoms with Crippen LogP contribution in [0.2, 0.25) is 0 Å². The minimum absolute atomic E-state index is 0.162. The molecule has 1 amide bonds. The van der Waals surface area contributed by atoms with E-state index in [2.05, 4.69) is 38.1 Å². The molecule has 1 saturated heterocycles. The number of para-hydroxylation sites is 1. The second-order valence-corrected chi connectivity index (χ2v) is 8.64. The van der Waals surface area contributed by atoms with Crippen LogP contribution in [-0.4, -0.2) is 53.2 Å². The van der Waals surface area contributed by atoms with Crippen LogP contribution in [-0.2, 0) is 16.1 Å². The lowest BCUT2D eigenvalue weighted by Gasteiger charge is -2.26. The first-order chi connectivity index (χ1) is 15.2. The van der Waals surface area contributed by atoms with Gasteiger partial charge < -0.3 is 14.6 Å². The van der Waals surface area contributed by atoms with Crippen LogP contribution in [0.15, 0.2) is 60.8 Å². The lowest BCUT2D eigenvalue weighted by Crippen LogP contribution is -2.38. The van der Waals surface area contributed by atoms with Crippen molar-refractivity contribution in [2.24, 2.45) is 0 Å². The number of carbonyl (C=O) groups is 1. The number of morpholine rings is 1. The van der Waals surface area contributed by atoms with Gasteiger partial charge in [0.1, 0.15) is 5.01 Å². The van der Waals surface area contributed by atoms with Crippen molar-refractivity contribution in [2.75, 3.05) is 38.2 Å². The fourth-order valence-corrected chi connectivity index (χ4v) is 4.71. The molecule has 158 valence electrons. The van der Waals surface area contributed by atoms with Gasteiger partial charge in [-0.25, -0.2) is 4.98 Å². The molecular weight excluding hydrogens is 408 g/mol. The quantitative estimate of drug-likeness (QED) is 0.463. The third kappa shape index (κ3) is 4.69. The molecule has 1 fully saturated rings. The molecule has 7 heteroatoms. The molecule has 0 unspecified atom stereocenters. The predicted molar refractivity (Wildman–Crippen MR) is 126 cm³/mol. The summed E-state index contributed by atoms with van der Waals surface area (Å²) in [4.78, 5) is 19.3. The number of ether oxygens (including phenoxy) is 1. The van der Waals surface area contributed by atoms with Gasteiger partial charge in [0.15, 0.2) is 0 Å². The van der Waals surface area contributed by atoms with Crippen LogP contribution in [0, 0.1) is 0 Å². The summed E-state index contributed by atoms with van der Waals surface area (Å²) in [5, 5.41) is 4.89. The number of aromatic nitrogens is 2. The molecule has 31 heavy (non-hydrogen) atoms. The van der Waals surface area contributed by atoms with Gasteiger partial charge in [0.2, 0.25) is 5.91 Å². The van der Waals surface area contributed by atoms with Crippen LogP contribution in [0.25, 0.3) is 27.2 Å². The molecule has 2 aromatic heterocycles. The summed E-state index contributed by atoms with van der Waals surface area (Å²) >= 11 is 1.57. The Hall–Kier alpha value is -3.00. The fraction of sp³-hybridized carbons (Fsp3) is 0.250. The van der Waals surface area contributed by atoms with Gasteiger partial charge >= 0.3 is 0 Å². The SMILES string of the molecule is O=C(/C=C/c1nc2ccccc2s1)Nc1ccc2c(ccn2CCN2CCOCC2)c1. The Balaban J connectivity index is 1.22. The zero-order valence-corrected chi connectivity index (χ0v) is 18.0. The predicted octanol–water partition coefficient (Wildman–Crippen LogP) is 4.24. The molecule has 4 aromatic rings. The number of hydrogen-bond donors (Lipinski definition) is 1. The van der Waals surface area contributed by atoms with Gasteiger partial charge in [-0.05, 0) is 42.5 Å². The van der Waals surface area contributed by atoms with Crippen molar-refractivity contribution < 1.29 is 9.53 Å². The topological polar surface area (TPSA) is 59.4 Å². The van der Waals surface area contributed by atoms with Crippen LogP contribution < -0.4 is 5.32 Å². The summed E-state index contributed by atoms with van der Waals surface area (Å²) < 4.78 is 8.80. The van der Waals surface area contributed by atoms with E-state index in [0.29, 0.717) is 0 Å². The Bertz CT molecular complexity index is 1200. The average molecular weight is 433 g/mol. The summed E-state index contributed by atoms with van der Waals surface area (Å²) in [5.41, 5.74) is 2.92. The van der Waals surface area contributed by atoms with Crippen LogP contribution in [0.3, 0.4) is 0 Å². The highest BCUT2D eigenvalue weighted by atomic mass is 32.1. The molecular formula is C24H24N4O2S. The second kappa shape index (κ2) is 9.01. The average Bonchev–Trinajstić information content (AvgIpc) is 3.40. The molecule has 1 N–H and O–H groups in total. The Labute approximate surface area is 184 Å². The van der Waals surface area contributed by atoms with E-state index in [4.69, 9.17) is 4.74 Å². The highest BCUT2D eigenvalue weighted by Crippen LogP contribution is 2.23. The molecule has 0 aliphatic carbocycles. The lowest BCUT2D eigenvalue weighted by molar-refractivity contribution is -0.111. The number of rotatable bonds is 6. The van der Waals surface area contributed by atoms with Gasteiger partial charge in [0, 0.05) is 55.0 Å². The molecule has 5 rings (SSSR count). The molecule has 0 atom stereocenters. The Morgan fingerprint density at radius 1 is 1.13 bits per heavy atom. The molecule has 1 aliphatic rings. The van der Waals surface area contributed by atoms with Crippen molar-refractivity contribution in [3.8, 4) is 0 Å². The third-order valence-corrected chi connectivity index (χ3v) is 6.49. The number of carbonyl (C=O) groups excluding carboxylic acids is 1. The number of hydrogen-bond acceptors (Lipinski definition) is 5. The molecule has 3 heterocycles. The summed E-state index contributed by atoms with van der Waals surface area (Å²) in [6.45, 7) is 5.61. The minimum Gasteiger partial charge on any atom is -0.379 e.